The average Bonchev–Trinajstić information content (AvgIpc) is 3.18. The van der Waals surface area contributed by atoms with Gasteiger partial charge in [0.2, 0.25) is 0 Å². The highest BCUT2D eigenvalue weighted by atomic mass is 16.1. The summed E-state index contributed by atoms with van der Waals surface area (Å²) in [7, 11) is 0. The van der Waals surface area contributed by atoms with Crippen molar-refractivity contribution in [1.29, 1.82) is 0 Å². The lowest BCUT2D eigenvalue weighted by molar-refractivity contribution is 0.102. The Morgan fingerprint density at radius 2 is 1.96 bits per heavy atom. The molecule has 0 bridgehead atoms. The standard InChI is InChI=1S/C18H16N6O/c1-12-10-13(2)24(22-12)15-6-4-14(5-7-15)21-18(25)16-11-20-23-9-3-8-19-17(16)23/h3-11H,1-2H3,(H,21,25). The third kappa shape index (κ3) is 2.76. The molecule has 4 rings (SSSR count). The molecule has 0 aliphatic rings. The number of hydrogen-bond acceptors (Lipinski definition) is 4. The normalized spacial score (nSPS) is 11.0. The van der Waals surface area contributed by atoms with Gasteiger partial charge in [-0.3, -0.25) is 4.79 Å². The topological polar surface area (TPSA) is 77.1 Å². The van der Waals surface area contributed by atoms with Crippen LogP contribution >= 0.6 is 0 Å². The Morgan fingerprint density at radius 3 is 2.68 bits per heavy atom. The van der Waals surface area contributed by atoms with Crippen LogP contribution in [-0.4, -0.2) is 30.3 Å². The number of rotatable bonds is 3. The largest absolute Gasteiger partial charge is 0.322 e. The molecule has 1 amide bonds. The zero-order valence-corrected chi connectivity index (χ0v) is 13.8. The molecule has 0 saturated carbocycles. The number of hydrogen-bond donors (Lipinski definition) is 1. The molecular formula is C18H16N6O. The van der Waals surface area contributed by atoms with Gasteiger partial charge in [-0.05, 0) is 50.2 Å². The monoisotopic (exact) mass is 332 g/mol. The summed E-state index contributed by atoms with van der Waals surface area (Å²) in [6.45, 7) is 3.97. The molecule has 0 unspecified atom stereocenters. The number of nitrogens with zero attached hydrogens (tertiary/aromatic N) is 5. The molecule has 25 heavy (non-hydrogen) atoms. The summed E-state index contributed by atoms with van der Waals surface area (Å²) in [5.41, 5.74) is 4.64. The van der Waals surface area contributed by atoms with E-state index in [9.17, 15) is 4.79 Å². The zero-order chi connectivity index (χ0) is 17.4. The summed E-state index contributed by atoms with van der Waals surface area (Å²) >= 11 is 0. The van der Waals surface area contributed by atoms with E-state index >= 15 is 0 Å². The van der Waals surface area contributed by atoms with Crippen molar-refractivity contribution in [1.82, 2.24) is 24.4 Å². The summed E-state index contributed by atoms with van der Waals surface area (Å²) in [6, 6.07) is 11.3. The number of anilines is 1. The molecule has 7 nitrogen and oxygen atoms in total. The second kappa shape index (κ2) is 5.86. The Kier molecular flexibility index (Phi) is 3.53. The van der Waals surface area contributed by atoms with Gasteiger partial charge in [-0.2, -0.15) is 10.2 Å². The van der Waals surface area contributed by atoms with Crippen LogP contribution in [0.4, 0.5) is 5.69 Å². The fourth-order valence-corrected chi connectivity index (χ4v) is 2.76. The van der Waals surface area contributed by atoms with Gasteiger partial charge in [0.1, 0.15) is 5.56 Å². The minimum Gasteiger partial charge on any atom is -0.322 e. The summed E-state index contributed by atoms with van der Waals surface area (Å²) in [5, 5.41) is 11.5. The minimum absolute atomic E-state index is 0.243. The van der Waals surface area contributed by atoms with E-state index in [1.54, 1.807) is 23.0 Å². The number of amides is 1. The Hall–Kier alpha value is -3.48. The van der Waals surface area contributed by atoms with Gasteiger partial charge < -0.3 is 5.32 Å². The second-order valence-corrected chi connectivity index (χ2v) is 5.79. The van der Waals surface area contributed by atoms with Crippen LogP contribution in [0.25, 0.3) is 11.3 Å². The van der Waals surface area contributed by atoms with Crippen LogP contribution in [0.1, 0.15) is 21.7 Å². The van der Waals surface area contributed by atoms with Crippen molar-refractivity contribution in [2.45, 2.75) is 13.8 Å². The highest BCUT2D eigenvalue weighted by Gasteiger charge is 2.14. The van der Waals surface area contributed by atoms with Crippen LogP contribution in [0.3, 0.4) is 0 Å². The molecular weight excluding hydrogens is 316 g/mol. The van der Waals surface area contributed by atoms with Gasteiger partial charge in [0.25, 0.3) is 5.91 Å². The summed E-state index contributed by atoms with van der Waals surface area (Å²) < 4.78 is 3.44. The molecule has 7 heteroatoms. The van der Waals surface area contributed by atoms with Crippen LogP contribution in [0.15, 0.2) is 55.0 Å². The number of nitrogens with one attached hydrogen (secondary N) is 1. The van der Waals surface area contributed by atoms with E-state index in [2.05, 4.69) is 20.5 Å². The van der Waals surface area contributed by atoms with Gasteiger partial charge in [0, 0.05) is 23.8 Å². The summed E-state index contributed by atoms with van der Waals surface area (Å²) in [4.78, 5) is 16.7. The van der Waals surface area contributed by atoms with Crippen LogP contribution in [0, 0.1) is 13.8 Å². The predicted octanol–water partition coefficient (Wildman–Crippen LogP) is 2.78. The summed E-state index contributed by atoms with van der Waals surface area (Å²) in [5.74, 6) is -0.243. The number of fused-ring (bicyclic) bond motifs is 1. The quantitative estimate of drug-likeness (QED) is 0.626. The maximum atomic E-state index is 12.5. The molecule has 0 fully saturated rings. The van der Waals surface area contributed by atoms with Gasteiger partial charge in [-0.1, -0.05) is 0 Å². The first kappa shape index (κ1) is 15.1. The van der Waals surface area contributed by atoms with E-state index < -0.39 is 0 Å². The number of carbonyl (C=O) groups excluding carboxylic acids is 1. The first-order valence-electron chi connectivity index (χ1n) is 7.85. The maximum Gasteiger partial charge on any atom is 0.261 e. The van der Waals surface area contributed by atoms with E-state index in [1.165, 1.54) is 6.20 Å². The zero-order valence-electron chi connectivity index (χ0n) is 13.8. The van der Waals surface area contributed by atoms with E-state index in [-0.39, 0.29) is 5.91 Å². The molecule has 1 aromatic carbocycles. The molecule has 0 aliphatic heterocycles. The molecule has 124 valence electrons. The fraction of sp³-hybridized carbons (Fsp3) is 0.111. The number of carbonyl (C=O) groups is 1. The van der Waals surface area contributed by atoms with Gasteiger partial charge in [-0.15, -0.1) is 0 Å². The third-order valence-corrected chi connectivity index (χ3v) is 3.90. The number of aryl methyl sites for hydroxylation is 2. The van der Waals surface area contributed by atoms with Crippen molar-refractivity contribution in [2.75, 3.05) is 5.32 Å². The van der Waals surface area contributed by atoms with Crippen LogP contribution < -0.4 is 5.32 Å². The molecule has 1 N–H and O–H groups in total. The van der Waals surface area contributed by atoms with Crippen molar-refractivity contribution in [3.63, 3.8) is 0 Å². The Labute approximate surface area is 143 Å². The van der Waals surface area contributed by atoms with Gasteiger partial charge >= 0.3 is 0 Å². The molecule has 4 aromatic rings. The van der Waals surface area contributed by atoms with Crippen molar-refractivity contribution in [2.24, 2.45) is 0 Å². The van der Waals surface area contributed by atoms with Gasteiger partial charge in [0.15, 0.2) is 5.65 Å². The van der Waals surface area contributed by atoms with Crippen molar-refractivity contribution < 1.29 is 4.79 Å². The Balaban J connectivity index is 1.57. The van der Waals surface area contributed by atoms with Crippen LogP contribution in [0.5, 0.6) is 0 Å². The molecule has 3 heterocycles. The lowest BCUT2D eigenvalue weighted by Crippen LogP contribution is -2.12. The lowest BCUT2D eigenvalue weighted by atomic mass is 10.2. The average molecular weight is 332 g/mol. The highest BCUT2D eigenvalue weighted by molar-refractivity contribution is 6.08. The fourth-order valence-electron chi connectivity index (χ4n) is 2.76. The van der Waals surface area contributed by atoms with E-state index in [0.717, 1.165) is 17.1 Å². The van der Waals surface area contributed by atoms with E-state index in [1.807, 2.05) is 48.9 Å². The van der Waals surface area contributed by atoms with E-state index in [4.69, 9.17) is 0 Å². The SMILES string of the molecule is Cc1cc(C)n(-c2ccc(NC(=O)c3cnn4cccnc34)cc2)n1. The van der Waals surface area contributed by atoms with Gasteiger partial charge in [-0.25, -0.2) is 14.2 Å². The number of aromatic nitrogens is 5. The van der Waals surface area contributed by atoms with Crippen molar-refractivity contribution in [3.05, 3.63) is 71.9 Å². The number of benzene rings is 1. The lowest BCUT2D eigenvalue weighted by Gasteiger charge is -2.07. The Bertz CT molecular complexity index is 1060. The predicted molar refractivity (Wildman–Crippen MR) is 94.0 cm³/mol. The molecule has 0 radical (unpaired) electrons. The first-order chi connectivity index (χ1) is 12.1. The minimum atomic E-state index is -0.243. The molecule has 3 aromatic heterocycles. The third-order valence-electron chi connectivity index (χ3n) is 3.90. The molecule has 0 aliphatic carbocycles. The molecule has 0 saturated heterocycles. The van der Waals surface area contributed by atoms with Crippen molar-refractivity contribution in [3.8, 4) is 5.69 Å². The second-order valence-electron chi connectivity index (χ2n) is 5.79. The smallest absolute Gasteiger partial charge is 0.261 e. The molecule has 0 atom stereocenters. The van der Waals surface area contributed by atoms with Gasteiger partial charge in [0.05, 0.1) is 17.6 Å². The van der Waals surface area contributed by atoms with Crippen LogP contribution in [0.2, 0.25) is 0 Å². The Morgan fingerprint density at radius 1 is 1.16 bits per heavy atom. The van der Waals surface area contributed by atoms with Crippen molar-refractivity contribution >= 4 is 17.2 Å². The highest BCUT2D eigenvalue weighted by Crippen LogP contribution is 2.17. The summed E-state index contributed by atoms with van der Waals surface area (Å²) in [6.07, 6.45) is 4.90. The van der Waals surface area contributed by atoms with Crippen LogP contribution in [-0.2, 0) is 0 Å². The first-order valence-corrected chi connectivity index (χ1v) is 7.85. The maximum absolute atomic E-state index is 12.5. The molecule has 0 spiro atoms. The van der Waals surface area contributed by atoms with E-state index in [0.29, 0.717) is 16.9 Å².